The smallest absolute Gasteiger partial charge is 0.0568 e. The summed E-state index contributed by atoms with van der Waals surface area (Å²) >= 11 is 0. The first-order valence-corrected chi connectivity index (χ1v) is 36.9. The zero-order chi connectivity index (χ0) is 70.1. The van der Waals surface area contributed by atoms with Crippen LogP contribution in [0.2, 0.25) is 0 Å². The lowest BCUT2D eigenvalue weighted by Gasteiger charge is -2.26. The Labute approximate surface area is 597 Å². The third-order valence-corrected chi connectivity index (χ3v) is 23.4. The Morgan fingerprint density at radius 1 is 0.284 bits per heavy atom. The Bertz CT molecular complexity index is 6630. The fourth-order valence-electron chi connectivity index (χ4n) is 18.0. The predicted octanol–water partition coefficient (Wildman–Crippen LogP) is 27.1. The fourth-order valence-corrected chi connectivity index (χ4v) is 18.0. The minimum atomic E-state index is 0.145. The van der Waals surface area contributed by atoms with Crippen molar-refractivity contribution < 1.29 is 0 Å². The predicted molar refractivity (Wildman–Crippen MR) is 447 cm³/mol. The van der Waals surface area contributed by atoms with Crippen molar-refractivity contribution in [1.29, 1.82) is 0 Å². The molecule has 0 aliphatic carbocycles. The molecule has 0 atom stereocenters. The van der Waals surface area contributed by atoms with Crippen molar-refractivity contribution in [2.45, 2.75) is 92.9 Å². The highest BCUT2D eigenvalue weighted by Crippen LogP contribution is 2.47. The van der Waals surface area contributed by atoms with Crippen LogP contribution in [-0.2, 0) is 46.4 Å². The van der Waals surface area contributed by atoms with Crippen LogP contribution in [0, 0.1) is 13.8 Å². The second-order valence-corrected chi connectivity index (χ2v) is 29.7. The minimum absolute atomic E-state index is 0.145. The number of benzene rings is 16. The van der Waals surface area contributed by atoms with E-state index in [0.29, 0.717) is 5.92 Å². The zero-order valence-electron chi connectivity index (χ0n) is 61.2. The number of hydrogen-bond acceptors (Lipinski definition) is 0. The lowest BCUT2D eigenvalue weighted by atomic mass is 9.79. The summed E-state index contributed by atoms with van der Waals surface area (Å²) in [6.07, 6.45) is 3.23. The maximum atomic E-state index is 2.44. The Morgan fingerprint density at radius 3 is 1.19 bits per heavy atom. The summed E-state index contributed by atoms with van der Waals surface area (Å²) in [5.74, 6) is 0.471. The summed E-state index contributed by atoms with van der Waals surface area (Å²) in [5, 5.41) is 32.7. The standard InChI is InChI=1S/C26H25N.C25H23N.C24H21N.C23H19N/c1-5-26(2,3)22-16-23-24(20-13-9-8-12-19(20)22)21-15-14-17-10-6-7-11-18(17)25(21)27(23)4;1-4-16-14-22-23-15-17(5-2)19-11-7-9-13-21(19)25(23)26(3)24(22)20-12-8-6-10-18(16)20;1-15(2)22-19-11-7-5-9-17(19)14-21-24(22)23-18-10-6-4-8-16(18)12-13-20(23)25(21)3;1-14-12-20-22(18-10-6-4-8-16(14)18)23-19-11-7-5-9-17(19)15(2)13-21(23)24(20)3/h6-16H,5H2,1-4H3;6-15H,4-5H2,1-3H3;4-15H,1-3H3;4-13H,1-3H3. The van der Waals surface area contributed by atoms with Gasteiger partial charge in [0.15, 0.2) is 0 Å². The van der Waals surface area contributed by atoms with Gasteiger partial charge in [-0.1, -0.05) is 261 Å². The van der Waals surface area contributed by atoms with E-state index in [9.17, 15) is 0 Å². The molecule has 4 nitrogen and oxygen atoms in total. The van der Waals surface area contributed by atoms with Gasteiger partial charge in [0.05, 0.1) is 16.6 Å². The van der Waals surface area contributed by atoms with Crippen molar-refractivity contribution in [1.82, 2.24) is 18.3 Å². The molecule has 0 bridgehead atoms. The first-order valence-electron chi connectivity index (χ1n) is 36.9. The van der Waals surface area contributed by atoms with Crippen LogP contribution in [0.3, 0.4) is 0 Å². The maximum absolute atomic E-state index is 2.44. The van der Waals surface area contributed by atoms with Crippen molar-refractivity contribution in [2.24, 2.45) is 28.2 Å². The van der Waals surface area contributed by atoms with Gasteiger partial charge < -0.3 is 18.3 Å². The molecule has 20 rings (SSSR count). The Morgan fingerprint density at radius 2 is 0.667 bits per heavy atom. The quantitative estimate of drug-likeness (QED) is 0.164. The highest BCUT2D eigenvalue weighted by Gasteiger charge is 2.26. The molecule has 0 saturated carbocycles. The molecule has 4 aromatic heterocycles. The van der Waals surface area contributed by atoms with Crippen molar-refractivity contribution in [2.75, 3.05) is 0 Å². The summed E-state index contributed by atoms with van der Waals surface area (Å²) < 4.78 is 9.52. The molecule has 0 unspecified atom stereocenters. The van der Waals surface area contributed by atoms with Gasteiger partial charge in [-0.05, 0) is 190 Å². The number of aryl methyl sites for hydroxylation is 8. The highest BCUT2D eigenvalue weighted by molar-refractivity contribution is 6.30. The van der Waals surface area contributed by atoms with Crippen molar-refractivity contribution in [3.05, 3.63) is 288 Å². The minimum Gasteiger partial charge on any atom is -0.344 e. The molecule has 0 fully saturated rings. The topological polar surface area (TPSA) is 19.7 Å². The molecule has 500 valence electrons. The van der Waals surface area contributed by atoms with Gasteiger partial charge in [0.25, 0.3) is 0 Å². The normalized spacial score (nSPS) is 12.2. The van der Waals surface area contributed by atoms with Crippen LogP contribution in [0.5, 0.6) is 0 Å². The lowest BCUT2D eigenvalue weighted by Crippen LogP contribution is -2.16. The molecule has 0 N–H and O–H groups in total. The summed E-state index contributed by atoms with van der Waals surface area (Å²) in [4.78, 5) is 0. The first kappa shape index (κ1) is 64.2. The average molecular weight is 1320 g/mol. The van der Waals surface area contributed by atoms with E-state index in [2.05, 4.69) is 364 Å². The molecule has 4 heteroatoms. The number of rotatable bonds is 5. The second kappa shape index (κ2) is 24.9. The molecule has 0 radical (unpaired) electrons. The third kappa shape index (κ3) is 9.84. The maximum Gasteiger partial charge on any atom is 0.0568 e. The summed E-state index contributed by atoms with van der Waals surface area (Å²) in [6.45, 7) is 20.6. The fraction of sp³-hybridized carbons (Fsp3) is 0.184. The Balaban J connectivity index is 0.000000101. The zero-order valence-corrected chi connectivity index (χ0v) is 61.2. The number of hydrogen-bond donors (Lipinski definition) is 0. The monoisotopic (exact) mass is 1320 g/mol. The van der Waals surface area contributed by atoms with Gasteiger partial charge in [0.2, 0.25) is 0 Å². The van der Waals surface area contributed by atoms with Gasteiger partial charge in [-0.3, -0.25) is 0 Å². The Kier molecular flexibility index (Phi) is 15.6. The van der Waals surface area contributed by atoms with E-state index in [0.717, 1.165) is 19.3 Å². The first-order chi connectivity index (χ1) is 49.6. The van der Waals surface area contributed by atoms with Crippen molar-refractivity contribution in [3.8, 4) is 0 Å². The molecule has 16 aromatic carbocycles. The largest absolute Gasteiger partial charge is 0.344 e. The van der Waals surface area contributed by atoms with E-state index in [1.54, 1.807) is 0 Å². The van der Waals surface area contributed by atoms with Gasteiger partial charge in [0.1, 0.15) is 0 Å². The van der Waals surface area contributed by atoms with Gasteiger partial charge >= 0.3 is 0 Å². The number of aromatic nitrogens is 4. The summed E-state index contributed by atoms with van der Waals surface area (Å²) in [7, 11) is 8.82. The van der Waals surface area contributed by atoms with E-state index in [4.69, 9.17) is 0 Å². The van der Waals surface area contributed by atoms with Crippen LogP contribution in [0.1, 0.15) is 94.2 Å². The van der Waals surface area contributed by atoms with E-state index in [-0.39, 0.29) is 5.41 Å². The van der Waals surface area contributed by atoms with Gasteiger partial charge in [-0.2, -0.15) is 0 Å². The van der Waals surface area contributed by atoms with Crippen LogP contribution < -0.4 is 0 Å². The SMILES string of the molecule is CC(C)c1c2ccccc2cc2c1c1c3ccccc3ccc1n2C.CCC(C)(C)c1cc2c(c3ccccc13)c1ccc3ccccc3c1n2C.CCc1cc2c3cc(CC)c4ccccc4c3n(C)c2c2ccccc12.Cc1cc2c(c3ccccc13)c1c3ccccc3c(C)cc1n2C. The highest BCUT2D eigenvalue weighted by atomic mass is 15.0. The molecular weight excluding hydrogens is 1230 g/mol. The van der Waals surface area contributed by atoms with Crippen LogP contribution in [0.25, 0.3) is 173 Å². The molecule has 0 aliphatic rings. The van der Waals surface area contributed by atoms with E-state index in [1.165, 1.54) is 207 Å². The number of fused-ring (bicyclic) bond motifs is 27. The molecule has 0 aliphatic heterocycles. The summed E-state index contributed by atoms with van der Waals surface area (Å²) in [5.41, 5.74) is 19.3. The van der Waals surface area contributed by atoms with Crippen LogP contribution in [0.4, 0.5) is 0 Å². The lowest BCUT2D eigenvalue weighted by molar-refractivity contribution is 0.511. The van der Waals surface area contributed by atoms with Crippen molar-refractivity contribution in [3.63, 3.8) is 0 Å². The molecule has 4 heterocycles. The third-order valence-electron chi connectivity index (χ3n) is 23.4. The van der Waals surface area contributed by atoms with Gasteiger partial charge in [-0.15, -0.1) is 0 Å². The summed E-state index contributed by atoms with van der Waals surface area (Å²) in [6, 6.07) is 93.8. The van der Waals surface area contributed by atoms with Crippen molar-refractivity contribution >= 4 is 173 Å². The number of nitrogens with zero attached hydrogens (tertiary/aromatic N) is 4. The molecule has 0 amide bonds. The molecule has 102 heavy (non-hydrogen) atoms. The molecule has 0 saturated heterocycles. The van der Waals surface area contributed by atoms with E-state index in [1.807, 2.05) is 0 Å². The van der Waals surface area contributed by atoms with Crippen LogP contribution in [-0.4, -0.2) is 18.3 Å². The van der Waals surface area contributed by atoms with E-state index < -0.39 is 0 Å². The van der Waals surface area contributed by atoms with Gasteiger partial charge in [0, 0.05) is 115 Å². The van der Waals surface area contributed by atoms with Crippen LogP contribution in [0.15, 0.2) is 255 Å². The molecule has 20 aromatic rings. The van der Waals surface area contributed by atoms with Gasteiger partial charge in [-0.25, -0.2) is 0 Å². The average Bonchev–Trinajstić information content (AvgIpc) is 1.63. The molecular formula is C98H88N4. The van der Waals surface area contributed by atoms with E-state index >= 15 is 0 Å². The molecule has 0 spiro atoms. The Hall–Kier alpha value is -11.2. The second-order valence-electron chi connectivity index (χ2n) is 29.7. The van der Waals surface area contributed by atoms with Crippen LogP contribution >= 0.6 is 0 Å².